The van der Waals surface area contributed by atoms with Gasteiger partial charge in [-0.15, -0.1) is 0 Å². The Balaban J connectivity index is 1.37. The molecule has 4 aliphatic carbocycles. The third-order valence-electron chi connectivity index (χ3n) is 9.95. The van der Waals surface area contributed by atoms with Gasteiger partial charge in [0.05, 0.1) is 11.0 Å². The van der Waals surface area contributed by atoms with Crippen molar-refractivity contribution < 1.29 is 17.4 Å². The summed E-state index contributed by atoms with van der Waals surface area (Å²) in [4.78, 5) is 12.4. The maximum absolute atomic E-state index is 13.0. The number of hydrogen-bond donors (Lipinski definition) is 0. The maximum atomic E-state index is 13.0. The summed E-state index contributed by atoms with van der Waals surface area (Å²) in [7, 11) is -3.75. The van der Waals surface area contributed by atoms with Gasteiger partial charge in [0.2, 0.25) is 0 Å². The minimum Gasteiger partial charge on any atom is -0.300 e. The van der Waals surface area contributed by atoms with Crippen LogP contribution in [0.2, 0.25) is 0 Å². The number of rotatable bonds is 3. The minimum absolute atomic E-state index is 0.0768. The van der Waals surface area contributed by atoms with E-state index in [0.717, 1.165) is 56.9 Å². The third kappa shape index (κ3) is 3.42. The van der Waals surface area contributed by atoms with Gasteiger partial charge in [-0.3, -0.25) is 8.98 Å². The second-order valence-electron chi connectivity index (χ2n) is 11.4. The average molecular weight is 445 g/mol. The summed E-state index contributed by atoms with van der Waals surface area (Å²) < 4.78 is 32.0. The molecule has 5 heteroatoms. The lowest BCUT2D eigenvalue weighted by Gasteiger charge is -2.60. The van der Waals surface area contributed by atoms with Crippen molar-refractivity contribution in [3.05, 3.63) is 29.8 Å². The van der Waals surface area contributed by atoms with Crippen LogP contribution in [0, 0.1) is 41.4 Å². The van der Waals surface area contributed by atoms with E-state index in [1.807, 2.05) is 19.1 Å². The van der Waals surface area contributed by atoms with Crippen LogP contribution in [-0.4, -0.2) is 20.3 Å². The molecule has 0 bridgehead atoms. The van der Waals surface area contributed by atoms with E-state index in [0.29, 0.717) is 29.5 Å². The normalized spacial score (nSPS) is 42.5. The van der Waals surface area contributed by atoms with Crippen molar-refractivity contribution in [2.75, 3.05) is 0 Å². The highest BCUT2D eigenvalue weighted by Gasteiger charge is 2.61. The van der Waals surface area contributed by atoms with E-state index < -0.39 is 10.1 Å². The lowest BCUT2D eigenvalue weighted by molar-refractivity contribution is -0.140. The van der Waals surface area contributed by atoms with Crippen LogP contribution in [-0.2, 0) is 19.1 Å². The number of carbonyl (C=O) groups is 1. The molecule has 1 aromatic rings. The first-order valence-corrected chi connectivity index (χ1v) is 13.6. The van der Waals surface area contributed by atoms with Crippen LogP contribution in [0.25, 0.3) is 0 Å². The van der Waals surface area contributed by atoms with Gasteiger partial charge in [0.25, 0.3) is 10.1 Å². The summed E-state index contributed by atoms with van der Waals surface area (Å²) in [5.74, 6) is 2.85. The monoisotopic (exact) mass is 444 g/mol. The fourth-order valence-corrected chi connectivity index (χ4v) is 9.27. The number of hydrogen-bond acceptors (Lipinski definition) is 4. The van der Waals surface area contributed by atoms with Crippen LogP contribution in [0.15, 0.2) is 29.2 Å². The zero-order valence-electron chi connectivity index (χ0n) is 19.1. The SMILES string of the molecule is Cc1ccc(S(=O)(=O)O[C@@H]2CC[C@@H]3[C@H]4CC[C@@H]5CC(=O)CC[C@]5(C)[C@@H]4CC[C@@]32C)cc1. The first-order valence-electron chi connectivity index (χ1n) is 12.2. The number of aryl methyl sites for hydroxylation is 1. The molecule has 31 heavy (non-hydrogen) atoms. The summed E-state index contributed by atoms with van der Waals surface area (Å²) in [6, 6.07) is 6.97. The van der Waals surface area contributed by atoms with Crippen LogP contribution in [0.1, 0.15) is 77.2 Å². The van der Waals surface area contributed by atoms with Crippen LogP contribution < -0.4 is 0 Å². The highest BCUT2D eigenvalue weighted by molar-refractivity contribution is 7.86. The van der Waals surface area contributed by atoms with Crippen LogP contribution in [0.5, 0.6) is 0 Å². The van der Waals surface area contributed by atoms with E-state index in [2.05, 4.69) is 13.8 Å². The molecule has 0 saturated heterocycles. The summed E-state index contributed by atoms with van der Waals surface area (Å²) in [5.41, 5.74) is 1.25. The predicted octanol–water partition coefficient (Wildman–Crippen LogP) is 5.68. The molecule has 4 aliphatic rings. The Kier molecular flexibility index (Phi) is 5.17. The first-order chi connectivity index (χ1) is 14.6. The lowest BCUT2D eigenvalue weighted by Crippen LogP contribution is -2.54. The molecule has 0 unspecified atom stereocenters. The molecule has 4 nitrogen and oxygen atoms in total. The molecule has 7 atom stereocenters. The zero-order valence-corrected chi connectivity index (χ0v) is 19.9. The van der Waals surface area contributed by atoms with Crippen LogP contribution in [0.3, 0.4) is 0 Å². The quantitative estimate of drug-likeness (QED) is 0.563. The Bertz CT molecular complexity index is 968. The van der Waals surface area contributed by atoms with Crippen molar-refractivity contribution >= 4 is 15.9 Å². The summed E-state index contributed by atoms with van der Waals surface area (Å²) in [5, 5.41) is 0. The predicted molar refractivity (Wildman–Crippen MR) is 120 cm³/mol. The number of fused-ring (bicyclic) bond motifs is 5. The highest BCUT2D eigenvalue weighted by Crippen LogP contribution is 2.66. The number of benzene rings is 1. The van der Waals surface area contributed by atoms with Gasteiger partial charge in [0.15, 0.2) is 0 Å². The van der Waals surface area contributed by atoms with E-state index in [4.69, 9.17) is 4.18 Å². The molecule has 0 aromatic heterocycles. The molecule has 4 fully saturated rings. The largest absolute Gasteiger partial charge is 0.300 e. The Hall–Kier alpha value is -1.20. The van der Waals surface area contributed by atoms with Gasteiger partial charge in [-0.1, -0.05) is 31.5 Å². The Morgan fingerprint density at radius 2 is 1.61 bits per heavy atom. The molecule has 0 radical (unpaired) electrons. The molecular formula is C26H36O4S. The molecule has 4 saturated carbocycles. The molecule has 5 rings (SSSR count). The Morgan fingerprint density at radius 1 is 0.903 bits per heavy atom. The Labute approximate surface area is 187 Å². The summed E-state index contributed by atoms with van der Waals surface area (Å²) >= 11 is 0. The maximum Gasteiger partial charge on any atom is 0.297 e. The van der Waals surface area contributed by atoms with Crippen molar-refractivity contribution in [2.45, 2.75) is 89.6 Å². The number of ketones is 1. The molecular weight excluding hydrogens is 408 g/mol. The minimum atomic E-state index is -3.75. The van der Waals surface area contributed by atoms with Gasteiger partial charge in [0.1, 0.15) is 5.78 Å². The first kappa shape index (κ1) is 21.6. The van der Waals surface area contributed by atoms with Crippen LogP contribution in [0.4, 0.5) is 0 Å². The fourth-order valence-electron chi connectivity index (χ4n) is 8.07. The van der Waals surface area contributed by atoms with E-state index in [1.54, 1.807) is 12.1 Å². The lowest BCUT2D eigenvalue weighted by atomic mass is 9.45. The van der Waals surface area contributed by atoms with Gasteiger partial charge >= 0.3 is 0 Å². The zero-order chi connectivity index (χ0) is 22.0. The van der Waals surface area contributed by atoms with Crippen molar-refractivity contribution in [2.24, 2.45) is 34.5 Å². The van der Waals surface area contributed by atoms with Crippen molar-refractivity contribution in [3.63, 3.8) is 0 Å². The Morgan fingerprint density at radius 3 is 2.35 bits per heavy atom. The van der Waals surface area contributed by atoms with Crippen molar-refractivity contribution in [1.29, 1.82) is 0 Å². The van der Waals surface area contributed by atoms with Crippen molar-refractivity contribution in [3.8, 4) is 0 Å². The second-order valence-corrected chi connectivity index (χ2v) is 12.9. The van der Waals surface area contributed by atoms with Gasteiger partial charge < -0.3 is 0 Å². The standard InChI is InChI=1S/C26H36O4S/c1-17-4-7-20(8-5-17)31(28,29)30-24-11-10-22-21-9-6-18-16-19(27)12-14-25(18,2)23(21)13-15-26(22,24)3/h4-5,7-8,18,21-24H,6,9-16H2,1-3H3/t18-,21-,22-,23-,24-,25+,26+/m1/s1. The molecule has 0 N–H and O–H groups in total. The summed E-state index contributed by atoms with van der Waals surface area (Å²) in [6.45, 7) is 6.69. The van der Waals surface area contributed by atoms with E-state index in [-0.39, 0.29) is 21.8 Å². The molecule has 170 valence electrons. The molecule has 0 amide bonds. The van der Waals surface area contributed by atoms with Gasteiger partial charge in [-0.2, -0.15) is 8.42 Å². The van der Waals surface area contributed by atoms with Gasteiger partial charge in [-0.05, 0) is 98.5 Å². The van der Waals surface area contributed by atoms with E-state index in [1.165, 1.54) is 6.42 Å². The van der Waals surface area contributed by atoms with E-state index in [9.17, 15) is 13.2 Å². The molecule has 0 aliphatic heterocycles. The second kappa shape index (κ2) is 7.41. The van der Waals surface area contributed by atoms with E-state index >= 15 is 0 Å². The summed E-state index contributed by atoms with van der Waals surface area (Å²) in [6.07, 6.45) is 8.75. The molecule has 0 spiro atoms. The number of carbonyl (C=O) groups excluding carboxylic acids is 1. The average Bonchev–Trinajstić information content (AvgIpc) is 3.04. The molecule has 1 aromatic carbocycles. The van der Waals surface area contributed by atoms with Gasteiger partial charge in [0, 0.05) is 12.8 Å². The van der Waals surface area contributed by atoms with Crippen molar-refractivity contribution in [1.82, 2.24) is 0 Å². The fraction of sp³-hybridized carbons (Fsp3) is 0.731. The van der Waals surface area contributed by atoms with Crippen LogP contribution >= 0.6 is 0 Å². The third-order valence-corrected chi connectivity index (χ3v) is 11.3. The topological polar surface area (TPSA) is 60.4 Å². The molecule has 0 heterocycles. The highest BCUT2D eigenvalue weighted by atomic mass is 32.2. The number of Topliss-reactive ketones (excluding diaryl/α,β-unsaturated/α-hetero) is 1. The smallest absolute Gasteiger partial charge is 0.297 e. The van der Waals surface area contributed by atoms with Gasteiger partial charge in [-0.25, -0.2) is 0 Å².